The number of hydrogen-bond acceptors (Lipinski definition) is 4. The zero-order chi connectivity index (χ0) is 15.5. The van der Waals surface area contributed by atoms with Gasteiger partial charge in [-0.15, -0.1) is 0 Å². The van der Waals surface area contributed by atoms with Crippen molar-refractivity contribution in [2.45, 2.75) is 77.2 Å². The molecule has 0 aromatic heterocycles. The summed E-state index contributed by atoms with van der Waals surface area (Å²) in [5, 5.41) is 3.71. The van der Waals surface area contributed by atoms with E-state index in [-0.39, 0.29) is 6.09 Å². The monoisotopic (exact) mass is 298 g/mol. The van der Waals surface area contributed by atoms with E-state index in [0.29, 0.717) is 18.2 Å². The Hall–Kier alpha value is -0.810. The maximum Gasteiger partial charge on any atom is 0.410 e. The summed E-state index contributed by atoms with van der Waals surface area (Å²) in [5.41, 5.74) is -0.419. The molecule has 0 aromatic rings. The lowest BCUT2D eigenvalue weighted by atomic mass is 10.1. The molecule has 1 amide bonds. The standard InChI is InChI=1S/C16H30N2O3/c1-12-14(8-11-20-12)17-13-6-5-9-18(10-7-13)15(19)21-16(2,3)4/h12-14,17H,5-11H2,1-4H3. The minimum atomic E-state index is -0.419. The van der Waals surface area contributed by atoms with E-state index in [1.165, 1.54) is 0 Å². The normalized spacial score (nSPS) is 31.0. The smallest absolute Gasteiger partial charge is 0.410 e. The Bertz CT molecular complexity index is 354. The Kier molecular flexibility index (Phi) is 5.49. The first kappa shape index (κ1) is 16.6. The van der Waals surface area contributed by atoms with Crippen molar-refractivity contribution in [1.82, 2.24) is 10.2 Å². The van der Waals surface area contributed by atoms with Crippen LogP contribution in [0.1, 0.15) is 53.4 Å². The van der Waals surface area contributed by atoms with E-state index < -0.39 is 5.60 Å². The van der Waals surface area contributed by atoms with Crippen LogP contribution in [0.4, 0.5) is 4.79 Å². The molecule has 5 nitrogen and oxygen atoms in total. The second-order valence-electron chi connectivity index (χ2n) is 7.23. The Morgan fingerprint density at radius 3 is 2.62 bits per heavy atom. The zero-order valence-electron chi connectivity index (χ0n) is 13.9. The van der Waals surface area contributed by atoms with E-state index in [0.717, 1.165) is 45.4 Å². The Balaban J connectivity index is 1.80. The van der Waals surface area contributed by atoms with Gasteiger partial charge >= 0.3 is 6.09 Å². The first-order valence-electron chi connectivity index (χ1n) is 8.21. The molecule has 0 aliphatic carbocycles. The number of nitrogens with one attached hydrogen (secondary N) is 1. The third kappa shape index (κ3) is 5.15. The Morgan fingerprint density at radius 1 is 1.24 bits per heavy atom. The van der Waals surface area contributed by atoms with Crippen LogP contribution in [-0.4, -0.2) is 54.5 Å². The van der Waals surface area contributed by atoms with E-state index in [1.54, 1.807) is 0 Å². The van der Waals surface area contributed by atoms with Gasteiger partial charge in [-0.2, -0.15) is 0 Å². The lowest BCUT2D eigenvalue weighted by Gasteiger charge is -2.27. The summed E-state index contributed by atoms with van der Waals surface area (Å²) in [5.74, 6) is 0. The molecule has 1 N–H and O–H groups in total. The molecule has 0 saturated carbocycles. The molecular weight excluding hydrogens is 268 g/mol. The number of carbonyl (C=O) groups excluding carboxylic acids is 1. The number of hydrogen-bond donors (Lipinski definition) is 1. The third-order valence-corrected chi connectivity index (χ3v) is 4.21. The number of ether oxygens (including phenoxy) is 2. The topological polar surface area (TPSA) is 50.8 Å². The Morgan fingerprint density at radius 2 is 2.00 bits per heavy atom. The van der Waals surface area contributed by atoms with Crippen molar-refractivity contribution in [3.05, 3.63) is 0 Å². The van der Waals surface area contributed by atoms with E-state index in [1.807, 2.05) is 25.7 Å². The quantitative estimate of drug-likeness (QED) is 0.851. The summed E-state index contributed by atoms with van der Waals surface area (Å²) in [6.07, 6.45) is 4.34. The molecule has 3 atom stereocenters. The second-order valence-corrected chi connectivity index (χ2v) is 7.23. The summed E-state index contributed by atoms with van der Waals surface area (Å²) >= 11 is 0. The predicted molar refractivity (Wildman–Crippen MR) is 82.4 cm³/mol. The zero-order valence-corrected chi connectivity index (χ0v) is 13.9. The van der Waals surface area contributed by atoms with Crippen LogP contribution >= 0.6 is 0 Å². The van der Waals surface area contributed by atoms with Crippen LogP contribution in [-0.2, 0) is 9.47 Å². The highest BCUT2D eigenvalue weighted by Gasteiger charge is 2.29. The number of carbonyl (C=O) groups is 1. The molecule has 2 heterocycles. The van der Waals surface area contributed by atoms with E-state index >= 15 is 0 Å². The molecule has 2 fully saturated rings. The van der Waals surface area contributed by atoms with E-state index in [4.69, 9.17) is 9.47 Å². The number of nitrogens with zero attached hydrogens (tertiary/aromatic N) is 1. The molecular formula is C16H30N2O3. The molecule has 2 aliphatic rings. The molecule has 0 radical (unpaired) electrons. The number of amides is 1. The van der Waals surface area contributed by atoms with Gasteiger partial charge in [0.25, 0.3) is 0 Å². The first-order valence-corrected chi connectivity index (χ1v) is 8.21. The molecule has 0 bridgehead atoms. The van der Waals surface area contributed by atoms with E-state index in [2.05, 4.69) is 12.2 Å². The van der Waals surface area contributed by atoms with Crippen molar-refractivity contribution >= 4 is 6.09 Å². The highest BCUT2D eigenvalue weighted by Crippen LogP contribution is 2.19. The summed E-state index contributed by atoms with van der Waals surface area (Å²) in [4.78, 5) is 14.0. The van der Waals surface area contributed by atoms with Crippen molar-refractivity contribution in [2.24, 2.45) is 0 Å². The molecule has 2 rings (SSSR count). The molecule has 0 aromatic carbocycles. The largest absolute Gasteiger partial charge is 0.444 e. The van der Waals surface area contributed by atoms with Gasteiger partial charge in [0, 0.05) is 31.8 Å². The van der Waals surface area contributed by atoms with Gasteiger partial charge in [-0.1, -0.05) is 0 Å². The highest BCUT2D eigenvalue weighted by molar-refractivity contribution is 5.68. The van der Waals surface area contributed by atoms with Crippen molar-refractivity contribution in [3.8, 4) is 0 Å². The van der Waals surface area contributed by atoms with Crippen molar-refractivity contribution in [3.63, 3.8) is 0 Å². The van der Waals surface area contributed by atoms with Gasteiger partial charge in [0.2, 0.25) is 0 Å². The minimum absolute atomic E-state index is 0.180. The first-order chi connectivity index (χ1) is 9.85. The highest BCUT2D eigenvalue weighted by atomic mass is 16.6. The van der Waals surface area contributed by atoms with Crippen molar-refractivity contribution < 1.29 is 14.3 Å². The minimum Gasteiger partial charge on any atom is -0.444 e. The van der Waals surface area contributed by atoms with Crippen molar-refractivity contribution in [2.75, 3.05) is 19.7 Å². The lowest BCUT2D eigenvalue weighted by Crippen LogP contribution is -2.43. The van der Waals surface area contributed by atoms with Gasteiger partial charge in [0.1, 0.15) is 5.60 Å². The summed E-state index contributed by atoms with van der Waals surface area (Å²) in [7, 11) is 0. The van der Waals surface area contributed by atoms with Crippen LogP contribution in [0, 0.1) is 0 Å². The van der Waals surface area contributed by atoms with Gasteiger partial charge in [0.05, 0.1) is 6.10 Å². The molecule has 5 heteroatoms. The third-order valence-electron chi connectivity index (χ3n) is 4.21. The maximum atomic E-state index is 12.1. The van der Waals surface area contributed by atoms with Gasteiger partial charge < -0.3 is 19.7 Å². The molecule has 2 saturated heterocycles. The van der Waals surface area contributed by atoms with Crippen molar-refractivity contribution in [1.29, 1.82) is 0 Å². The summed E-state index contributed by atoms with van der Waals surface area (Å²) in [6, 6.07) is 0.940. The van der Waals surface area contributed by atoms with Crippen LogP contribution in [0.3, 0.4) is 0 Å². The number of likely N-dealkylation sites (tertiary alicyclic amines) is 1. The second kappa shape index (κ2) is 6.97. The van der Waals surface area contributed by atoms with Gasteiger partial charge in [-0.05, 0) is 53.4 Å². The molecule has 3 unspecified atom stereocenters. The molecule has 0 spiro atoms. The molecule has 2 aliphatic heterocycles. The van der Waals surface area contributed by atoms with Crippen LogP contribution in [0.5, 0.6) is 0 Å². The van der Waals surface area contributed by atoms with Crippen LogP contribution in [0.25, 0.3) is 0 Å². The predicted octanol–water partition coefficient (Wildman–Crippen LogP) is 2.54. The summed E-state index contributed by atoms with van der Waals surface area (Å²) < 4.78 is 11.1. The van der Waals surface area contributed by atoms with Crippen LogP contribution in [0.2, 0.25) is 0 Å². The Labute approximate surface area is 128 Å². The maximum absolute atomic E-state index is 12.1. The fraction of sp³-hybridized carbons (Fsp3) is 0.938. The summed E-state index contributed by atoms with van der Waals surface area (Å²) in [6.45, 7) is 10.3. The molecule has 21 heavy (non-hydrogen) atoms. The fourth-order valence-corrected chi connectivity index (χ4v) is 3.03. The fourth-order valence-electron chi connectivity index (χ4n) is 3.03. The van der Waals surface area contributed by atoms with Gasteiger partial charge in [-0.25, -0.2) is 4.79 Å². The van der Waals surface area contributed by atoms with Gasteiger partial charge in [0.15, 0.2) is 0 Å². The lowest BCUT2D eigenvalue weighted by molar-refractivity contribution is 0.0255. The molecule has 122 valence electrons. The van der Waals surface area contributed by atoms with Crippen LogP contribution in [0.15, 0.2) is 0 Å². The van der Waals surface area contributed by atoms with E-state index in [9.17, 15) is 4.79 Å². The number of rotatable bonds is 2. The average Bonchev–Trinajstić information content (AvgIpc) is 2.62. The van der Waals surface area contributed by atoms with Gasteiger partial charge in [-0.3, -0.25) is 0 Å². The SMILES string of the molecule is CC1OCCC1NC1CCCN(C(=O)OC(C)(C)C)CC1. The van der Waals surface area contributed by atoms with Crippen LogP contribution < -0.4 is 5.32 Å². The average molecular weight is 298 g/mol.